The van der Waals surface area contributed by atoms with Crippen LogP contribution in [0, 0.1) is 13.8 Å². The first-order chi connectivity index (χ1) is 10.2. The van der Waals surface area contributed by atoms with Crippen molar-refractivity contribution in [2.75, 3.05) is 0 Å². The highest BCUT2D eigenvalue weighted by molar-refractivity contribution is 7.27. The number of hydrogen-bond acceptors (Lipinski definition) is 3. The van der Waals surface area contributed by atoms with E-state index < -0.39 is 0 Å². The number of benzene rings is 2. The van der Waals surface area contributed by atoms with Gasteiger partial charge in [0.2, 0.25) is 0 Å². The van der Waals surface area contributed by atoms with Crippen LogP contribution in [-0.4, -0.2) is 0 Å². The van der Waals surface area contributed by atoms with Crippen LogP contribution in [0.1, 0.15) is 9.75 Å². The summed E-state index contributed by atoms with van der Waals surface area (Å²) >= 11 is 5.71. The second-order valence-corrected chi connectivity index (χ2v) is 9.25. The Balaban J connectivity index is 1.97. The van der Waals surface area contributed by atoms with Crippen LogP contribution in [0.15, 0.2) is 36.4 Å². The first-order valence-electron chi connectivity index (χ1n) is 6.94. The highest BCUT2D eigenvalue weighted by Gasteiger charge is 2.10. The van der Waals surface area contributed by atoms with Gasteiger partial charge in [-0.3, -0.25) is 0 Å². The standard InChI is InChI=1S/C18H12S3/c1-9-3-11-5-13-14-6-12-4-10(2)20-16(12)8-18(14)21-17(13)7-15(11)19-9/h3-8H,1-2H3. The summed E-state index contributed by atoms with van der Waals surface area (Å²) in [6.07, 6.45) is 0. The van der Waals surface area contributed by atoms with Crippen LogP contribution in [0.2, 0.25) is 0 Å². The minimum absolute atomic E-state index is 1.38. The van der Waals surface area contributed by atoms with Crippen LogP contribution in [0.25, 0.3) is 40.3 Å². The van der Waals surface area contributed by atoms with Crippen LogP contribution >= 0.6 is 34.0 Å². The lowest BCUT2D eigenvalue weighted by Gasteiger charge is -1.94. The van der Waals surface area contributed by atoms with Crippen molar-refractivity contribution in [2.24, 2.45) is 0 Å². The Labute approximate surface area is 134 Å². The number of aryl methyl sites for hydroxylation is 2. The molecule has 3 aromatic heterocycles. The zero-order valence-corrected chi connectivity index (χ0v) is 14.1. The molecule has 0 saturated heterocycles. The van der Waals surface area contributed by atoms with E-state index in [4.69, 9.17) is 0 Å². The first kappa shape index (κ1) is 12.2. The largest absolute Gasteiger partial charge is 0.141 e. The number of thiophene rings is 3. The van der Waals surface area contributed by atoms with E-state index in [1.54, 1.807) is 0 Å². The van der Waals surface area contributed by atoms with Gasteiger partial charge in [0.25, 0.3) is 0 Å². The zero-order valence-electron chi connectivity index (χ0n) is 11.7. The maximum Gasteiger partial charge on any atom is 0.0369 e. The normalized spacial score (nSPS) is 12.3. The lowest BCUT2D eigenvalue weighted by Crippen LogP contribution is -1.67. The Hall–Kier alpha value is -1.42. The molecule has 0 aliphatic rings. The molecule has 0 fully saturated rings. The topological polar surface area (TPSA) is 0 Å². The van der Waals surface area contributed by atoms with Crippen molar-refractivity contribution in [2.45, 2.75) is 13.8 Å². The molecule has 0 aliphatic carbocycles. The van der Waals surface area contributed by atoms with Crippen molar-refractivity contribution in [3.63, 3.8) is 0 Å². The lowest BCUT2D eigenvalue weighted by molar-refractivity contribution is 1.66. The maximum atomic E-state index is 2.37. The van der Waals surface area contributed by atoms with Crippen molar-refractivity contribution >= 4 is 74.4 Å². The fraction of sp³-hybridized carbons (Fsp3) is 0.111. The van der Waals surface area contributed by atoms with Crippen molar-refractivity contribution in [1.29, 1.82) is 0 Å². The van der Waals surface area contributed by atoms with Crippen molar-refractivity contribution < 1.29 is 0 Å². The van der Waals surface area contributed by atoms with Crippen LogP contribution in [0.5, 0.6) is 0 Å². The Morgan fingerprint density at radius 2 is 1.00 bits per heavy atom. The lowest BCUT2D eigenvalue weighted by atomic mass is 10.1. The summed E-state index contributed by atoms with van der Waals surface area (Å²) in [6, 6.07) is 14.1. The molecule has 0 atom stereocenters. The third kappa shape index (κ3) is 1.71. The highest BCUT2D eigenvalue weighted by Crippen LogP contribution is 2.41. The Morgan fingerprint density at radius 1 is 0.524 bits per heavy atom. The molecular formula is C18H12S3. The van der Waals surface area contributed by atoms with E-state index in [1.807, 2.05) is 34.0 Å². The van der Waals surface area contributed by atoms with Crippen molar-refractivity contribution in [3.8, 4) is 0 Å². The molecule has 0 unspecified atom stereocenters. The van der Waals surface area contributed by atoms with E-state index in [0.29, 0.717) is 0 Å². The van der Waals surface area contributed by atoms with Gasteiger partial charge in [0.15, 0.2) is 0 Å². The van der Waals surface area contributed by atoms with E-state index >= 15 is 0 Å². The van der Waals surface area contributed by atoms with Gasteiger partial charge in [-0.2, -0.15) is 0 Å². The maximum absolute atomic E-state index is 2.37. The predicted octanol–water partition coefficient (Wildman–Crippen LogP) is 7.10. The summed E-state index contributed by atoms with van der Waals surface area (Å²) < 4.78 is 5.64. The van der Waals surface area contributed by atoms with E-state index in [9.17, 15) is 0 Å². The monoisotopic (exact) mass is 324 g/mol. The molecule has 3 heteroatoms. The van der Waals surface area contributed by atoms with Gasteiger partial charge in [0.05, 0.1) is 0 Å². The van der Waals surface area contributed by atoms with E-state index in [-0.39, 0.29) is 0 Å². The molecule has 0 radical (unpaired) electrons. The molecule has 5 rings (SSSR count). The molecule has 0 aliphatic heterocycles. The Morgan fingerprint density at radius 3 is 1.48 bits per heavy atom. The average molecular weight is 324 g/mol. The second-order valence-electron chi connectivity index (χ2n) is 5.59. The Kier molecular flexibility index (Phi) is 2.35. The molecule has 0 bridgehead atoms. The molecule has 102 valence electrons. The van der Waals surface area contributed by atoms with Crippen molar-refractivity contribution in [1.82, 2.24) is 0 Å². The number of hydrogen-bond donors (Lipinski definition) is 0. The smallest absolute Gasteiger partial charge is 0.0369 e. The van der Waals surface area contributed by atoms with Gasteiger partial charge in [-0.05, 0) is 61.0 Å². The molecule has 3 heterocycles. The van der Waals surface area contributed by atoms with Gasteiger partial charge in [-0.15, -0.1) is 34.0 Å². The van der Waals surface area contributed by atoms with E-state index in [0.717, 1.165) is 0 Å². The average Bonchev–Trinajstić information content (AvgIpc) is 3.05. The quantitative estimate of drug-likeness (QED) is 0.285. The molecule has 0 N–H and O–H groups in total. The zero-order chi connectivity index (χ0) is 14.1. The molecular weight excluding hydrogens is 312 g/mol. The van der Waals surface area contributed by atoms with Crippen LogP contribution in [0.3, 0.4) is 0 Å². The molecule has 0 nitrogen and oxygen atoms in total. The minimum Gasteiger partial charge on any atom is -0.141 e. The molecule has 2 aromatic carbocycles. The fourth-order valence-electron chi connectivity index (χ4n) is 3.11. The summed E-state index contributed by atoms with van der Waals surface area (Å²) in [6.45, 7) is 4.38. The van der Waals surface area contributed by atoms with Gasteiger partial charge >= 0.3 is 0 Å². The molecule has 5 aromatic rings. The van der Waals surface area contributed by atoms with Gasteiger partial charge in [-0.1, -0.05) is 0 Å². The predicted molar refractivity (Wildman–Crippen MR) is 99.6 cm³/mol. The van der Waals surface area contributed by atoms with Crippen LogP contribution in [0.4, 0.5) is 0 Å². The molecule has 0 amide bonds. The fourth-order valence-corrected chi connectivity index (χ4v) is 6.30. The van der Waals surface area contributed by atoms with Gasteiger partial charge in [0.1, 0.15) is 0 Å². The molecule has 0 spiro atoms. The summed E-state index contributed by atoms with van der Waals surface area (Å²) in [5.41, 5.74) is 0. The van der Waals surface area contributed by atoms with Crippen LogP contribution < -0.4 is 0 Å². The second kappa shape index (κ2) is 4.07. The van der Waals surface area contributed by atoms with Gasteiger partial charge in [-0.25, -0.2) is 0 Å². The Bertz CT molecular complexity index is 1060. The number of fused-ring (bicyclic) bond motifs is 5. The van der Waals surface area contributed by atoms with E-state index in [1.165, 1.54) is 50.1 Å². The summed E-state index contributed by atoms with van der Waals surface area (Å²) in [5, 5.41) is 5.58. The first-order valence-corrected chi connectivity index (χ1v) is 9.39. The third-order valence-corrected chi connectivity index (χ3v) is 7.14. The van der Waals surface area contributed by atoms with Gasteiger partial charge < -0.3 is 0 Å². The van der Waals surface area contributed by atoms with E-state index in [2.05, 4.69) is 50.2 Å². The van der Waals surface area contributed by atoms with Crippen molar-refractivity contribution in [3.05, 3.63) is 46.2 Å². The number of rotatable bonds is 0. The van der Waals surface area contributed by atoms with Crippen LogP contribution in [-0.2, 0) is 0 Å². The highest BCUT2D eigenvalue weighted by atomic mass is 32.1. The minimum atomic E-state index is 1.38. The summed E-state index contributed by atoms with van der Waals surface area (Å²) in [7, 11) is 0. The molecule has 21 heavy (non-hydrogen) atoms. The SMILES string of the molecule is Cc1cc2cc3c(cc2s1)sc1cc2sc(C)cc2cc13. The summed E-state index contributed by atoms with van der Waals surface area (Å²) in [4.78, 5) is 2.78. The molecule has 0 saturated carbocycles. The third-order valence-electron chi connectivity index (χ3n) is 3.99. The van der Waals surface area contributed by atoms with Gasteiger partial charge in [0, 0.05) is 39.3 Å². The summed E-state index contributed by atoms with van der Waals surface area (Å²) in [5.74, 6) is 0.